The quantitative estimate of drug-likeness (QED) is 0.691. The highest BCUT2D eigenvalue weighted by Gasteiger charge is 2.28. The highest BCUT2D eigenvalue weighted by Crippen LogP contribution is 2.24. The Labute approximate surface area is 156 Å². The van der Waals surface area contributed by atoms with Gasteiger partial charge < -0.3 is 4.52 Å². The summed E-state index contributed by atoms with van der Waals surface area (Å²) < 4.78 is 49.0. The van der Waals surface area contributed by atoms with Crippen LogP contribution in [0.25, 0.3) is 5.69 Å². The molecule has 3 aromatic rings. The van der Waals surface area contributed by atoms with Crippen molar-refractivity contribution in [2.24, 2.45) is 5.92 Å². The third-order valence-corrected chi connectivity index (χ3v) is 5.38. The fraction of sp³-hybridized carbons (Fsp3) is 0.353. The van der Waals surface area contributed by atoms with Gasteiger partial charge in [0.1, 0.15) is 17.5 Å². The summed E-state index contributed by atoms with van der Waals surface area (Å²) in [6.07, 6.45) is 3.24. The zero-order chi connectivity index (χ0) is 19.8. The van der Waals surface area contributed by atoms with Gasteiger partial charge in [-0.05, 0) is 43.5 Å². The molecular weight excluding hydrogens is 373 g/mol. The molecule has 8 nitrogen and oxygen atoms in total. The van der Waals surface area contributed by atoms with Gasteiger partial charge in [0.2, 0.25) is 15.9 Å². The molecule has 27 heavy (non-hydrogen) atoms. The summed E-state index contributed by atoms with van der Waals surface area (Å²) in [7, 11) is -4.01. The van der Waals surface area contributed by atoms with E-state index < -0.39 is 21.9 Å². The van der Waals surface area contributed by atoms with Crippen LogP contribution in [0.2, 0.25) is 0 Å². The molecule has 0 aliphatic carbocycles. The first-order valence-corrected chi connectivity index (χ1v) is 9.79. The van der Waals surface area contributed by atoms with E-state index in [1.165, 1.54) is 16.8 Å². The topological polar surface area (TPSA) is 103 Å². The largest absolute Gasteiger partial charge is 0.338 e. The van der Waals surface area contributed by atoms with Crippen molar-refractivity contribution < 1.29 is 17.3 Å². The number of nitrogens with zero attached hydrogens (tertiary/aromatic N) is 4. The lowest BCUT2D eigenvalue weighted by Crippen LogP contribution is -2.32. The number of rotatable bonds is 6. The third kappa shape index (κ3) is 4.06. The van der Waals surface area contributed by atoms with E-state index >= 15 is 0 Å². The lowest BCUT2D eigenvalue weighted by atomic mass is 10.1. The smallest absolute Gasteiger partial charge is 0.245 e. The van der Waals surface area contributed by atoms with E-state index in [1.807, 2.05) is 20.8 Å². The molecule has 3 rings (SSSR count). The lowest BCUT2D eigenvalue weighted by Gasteiger charge is -2.18. The Morgan fingerprint density at radius 1 is 1.26 bits per heavy atom. The molecule has 0 saturated heterocycles. The van der Waals surface area contributed by atoms with Crippen molar-refractivity contribution in [3.63, 3.8) is 0 Å². The number of hydrogen-bond donors (Lipinski definition) is 1. The third-order valence-electron chi connectivity index (χ3n) is 3.95. The molecule has 2 heterocycles. The van der Waals surface area contributed by atoms with Crippen molar-refractivity contribution in [1.29, 1.82) is 0 Å². The molecule has 0 unspecified atom stereocenters. The van der Waals surface area contributed by atoms with Gasteiger partial charge in [0, 0.05) is 6.20 Å². The van der Waals surface area contributed by atoms with Gasteiger partial charge in [0.25, 0.3) is 0 Å². The van der Waals surface area contributed by atoms with Crippen LogP contribution in [0.5, 0.6) is 0 Å². The van der Waals surface area contributed by atoms with E-state index in [-0.39, 0.29) is 22.4 Å². The van der Waals surface area contributed by atoms with Crippen LogP contribution in [0.1, 0.15) is 37.2 Å². The van der Waals surface area contributed by atoms with Crippen LogP contribution in [-0.2, 0) is 10.0 Å². The van der Waals surface area contributed by atoms with E-state index in [1.54, 1.807) is 19.3 Å². The van der Waals surface area contributed by atoms with Gasteiger partial charge in [-0.3, -0.25) is 0 Å². The van der Waals surface area contributed by atoms with E-state index in [0.717, 1.165) is 11.6 Å². The first kappa shape index (κ1) is 19.2. The predicted molar refractivity (Wildman–Crippen MR) is 95.2 cm³/mol. The van der Waals surface area contributed by atoms with Crippen molar-refractivity contribution in [1.82, 2.24) is 24.6 Å². The molecule has 144 valence electrons. The molecule has 0 saturated carbocycles. The molecule has 0 aliphatic rings. The molecule has 10 heteroatoms. The number of nitrogens with one attached hydrogen (secondary N) is 1. The molecule has 0 fully saturated rings. The molecule has 1 aromatic carbocycles. The molecule has 0 bridgehead atoms. The Hall–Kier alpha value is -2.59. The van der Waals surface area contributed by atoms with Crippen LogP contribution >= 0.6 is 0 Å². The van der Waals surface area contributed by atoms with E-state index in [0.29, 0.717) is 5.82 Å². The minimum atomic E-state index is -4.01. The second-order valence-corrected chi connectivity index (χ2v) is 8.31. The summed E-state index contributed by atoms with van der Waals surface area (Å²) >= 11 is 0. The Morgan fingerprint density at radius 3 is 2.52 bits per heavy atom. The highest BCUT2D eigenvalue weighted by molar-refractivity contribution is 7.89. The van der Waals surface area contributed by atoms with Gasteiger partial charge in [0.05, 0.1) is 11.1 Å². The van der Waals surface area contributed by atoms with Crippen LogP contribution in [0.4, 0.5) is 4.39 Å². The van der Waals surface area contributed by atoms with Gasteiger partial charge in [-0.15, -0.1) is 0 Å². The van der Waals surface area contributed by atoms with Gasteiger partial charge >= 0.3 is 0 Å². The molecule has 2 aromatic heterocycles. The Bertz CT molecular complexity index is 1060. The standard InChI is InChI=1S/C17H20FN5O3S/c1-10(2)16(17-20-12(4)21-26-17)22-27(24,25)13-5-6-15(14(18)7-13)23-9-11(3)8-19-23/h5-10,16,22H,1-4H3/t16-/m0/s1. The van der Waals surface area contributed by atoms with E-state index in [9.17, 15) is 12.8 Å². The molecule has 0 radical (unpaired) electrons. The van der Waals surface area contributed by atoms with E-state index in [2.05, 4.69) is 20.0 Å². The zero-order valence-electron chi connectivity index (χ0n) is 15.3. The summed E-state index contributed by atoms with van der Waals surface area (Å²) in [4.78, 5) is 3.89. The van der Waals surface area contributed by atoms with Crippen LogP contribution in [0.15, 0.2) is 40.0 Å². The Kier molecular flexibility index (Phi) is 5.11. The van der Waals surface area contributed by atoms with Gasteiger partial charge in [-0.1, -0.05) is 19.0 Å². The second kappa shape index (κ2) is 7.20. The number of halogens is 1. The predicted octanol–water partition coefficient (Wildman–Crippen LogP) is 2.69. The number of aromatic nitrogens is 4. The maximum atomic E-state index is 14.5. The summed E-state index contributed by atoms with van der Waals surface area (Å²) in [5.41, 5.74) is 1.03. The van der Waals surface area contributed by atoms with Gasteiger partial charge in [-0.25, -0.2) is 17.5 Å². The lowest BCUT2D eigenvalue weighted by molar-refractivity contribution is 0.310. The second-order valence-electron chi connectivity index (χ2n) is 6.60. The van der Waals surface area contributed by atoms with Crippen LogP contribution in [-0.4, -0.2) is 28.3 Å². The van der Waals surface area contributed by atoms with Crippen LogP contribution < -0.4 is 4.72 Å². The van der Waals surface area contributed by atoms with Crippen molar-refractivity contribution in [2.75, 3.05) is 0 Å². The Balaban J connectivity index is 1.91. The average molecular weight is 393 g/mol. The number of benzene rings is 1. The first-order chi connectivity index (χ1) is 12.7. The monoisotopic (exact) mass is 393 g/mol. The normalized spacial score (nSPS) is 13.3. The van der Waals surface area contributed by atoms with Crippen molar-refractivity contribution in [2.45, 2.75) is 38.6 Å². The van der Waals surface area contributed by atoms with Crippen LogP contribution in [0.3, 0.4) is 0 Å². The molecule has 0 spiro atoms. The summed E-state index contributed by atoms with van der Waals surface area (Å²) in [6, 6.07) is 2.93. The average Bonchev–Trinajstić information content (AvgIpc) is 3.21. The van der Waals surface area contributed by atoms with E-state index in [4.69, 9.17) is 4.52 Å². The molecule has 0 aliphatic heterocycles. The Morgan fingerprint density at radius 2 is 2.00 bits per heavy atom. The first-order valence-electron chi connectivity index (χ1n) is 8.31. The zero-order valence-corrected chi connectivity index (χ0v) is 16.2. The van der Waals surface area contributed by atoms with Crippen molar-refractivity contribution in [3.8, 4) is 5.69 Å². The van der Waals surface area contributed by atoms with Gasteiger partial charge in [-0.2, -0.15) is 14.8 Å². The fourth-order valence-electron chi connectivity index (χ4n) is 2.53. The number of aryl methyl sites for hydroxylation is 2. The number of hydrogen-bond acceptors (Lipinski definition) is 6. The number of sulfonamides is 1. The maximum absolute atomic E-state index is 14.5. The van der Waals surface area contributed by atoms with Crippen molar-refractivity contribution in [3.05, 3.63) is 53.7 Å². The molecular formula is C17H20FN5O3S. The highest BCUT2D eigenvalue weighted by atomic mass is 32.2. The fourth-order valence-corrected chi connectivity index (χ4v) is 3.88. The molecule has 1 atom stereocenters. The van der Waals surface area contributed by atoms with Gasteiger partial charge in [0.15, 0.2) is 5.82 Å². The van der Waals surface area contributed by atoms with Crippen LogP contribution in [0, 0.1) is 25.6 Å². The SMILES string of the molecule is Cc1cnn(-c2ccc(S(=O)(=O)N[C@H](c3nc(C)no3)C(C)C)cc2F)c1. The summed E-state index contributed by atoms with van der Waals surface area (Å²) in [5.74, 6) is -0.290. The maximum Gasteiger partial charge on any atom is 0.245 e. The minimum absolute atomic E-state index is 0.157. The molecule has 1 N–H and O–H groups in total. The summed E-state index contributed by atoms with van der Waals surface area (Å²) in [6.45, 7) is 7.10. The summed E-state index contributed by atoms with van der Waals surface area (Å²) in [5, 5.41) is 7.73. The minimum Gasteiger partial charge on any atom is -0.338 e. The molecule has 0 amide bonds. The van der Waals surface area contributed by atoms with Crippen molar-refractivity contribution >= 4 is 10.0 Å².